The van der Waals surface area contributed by atoms with Crippen LogP contribution in [0.15, 0.2) is 0 Å². The number of primary amides is 1. The van der Waals surface area contributed by atoms with Crippen LogP contribution in [0.5, 0.6) is 0 Å². The Morgan fingerprint density at radius 1 is 1.46 bits per heavy atom. The van der Waals surface area contributed by atoms with E-state index in [1.807, 2.05) is 0 Å². The second-order valence-corrected chi connectivity index (χ2v) is 2.06. The standard InChI is InChI=1S/C5H10N2O3.CH2O2/c6-3(5(9)10)1-2-4(7)8;2-1-3/h3H,1-2,6H2,(H2,7,8)(H,9,10);1H,(H,2,3). The summed E-state index contributed by atoms with van der Waals surface area (Å²) in [4.78, 5) is 28.5. The van der Waals surface area contributed by atoms with E-state index < -0.39 is 17.9 Å². The normalized spacial score (nSPS) is 10.5. The van der Waals surface area contributed by atoms with Crippen molar-refractivity contribution < 1.29 is 24.6 Å². The lowest BCUT2D eigenvalue weighted by atomic mass is 10.2. The van der Waals surface area contributed by atoms with Gasteiger partial charge in [-0.05, 0) is 6.42 Å². The lowest BCUT2D eigenvalue weighted by Gasteiger charge is -2.01. The Balaban J connectivity index is 0. The van der Waals surface area contributed by atoms with Gasteiger partial charge < -0.3 is 21.7 Å². The summed E-state index contributed by atoms with van der Waals surface area (Å²) in [6.07, 6.45) is 0.123. The fourth-order valence-electron chi connectivity index (χ4n) is 0.421. The van der Waals surface area contributed by atoms with Crippen LogP contribution in [-0.2, 0) is 14.4 Å². The van der Waals surface area contributed by atoms with Crippen LogP contribution >= 0.6 is 0 Å². The fraction of sp³-hybridized carbons (Fsp3) is 0.500. The number of amides is 1. The SMILES string of the molecule is NC(=O)CCC(N)C(=O)O.O=CO. The number of hydrogen-bond donors (Lipinski definition) is 4. The highest BCUT2D eigenvalue weighted by Crippen LogP contribution is 1.92. The zero-order valence-electron chi connectivity index (χ0n) is 6.84. The van der Waals surface area contributed by atoms with E-state index in [1.165, 1.54) is 0 Å². The van der Waals surface area contributed by atoms with E-state index in [4.69, 9.17) is 26.5 Å². The molecule has 6 N–H and O–H groups in total. The lowest BCUT2D eigenvalue weighted by Crippen LogP contribution is -2.31. The molecule has 0 saturated carbocycles. The van der Waals surface area contributed by atoms with Gasteiger partial charge in [-0.25, -0.2) is 0 Å². The number of nitrogens with two attached hydrogens (primary N) is 2. The van der Waals surface area contributed by atoms with Crippen LogP contribution in [0.25, 0.3) is 0 Å². The predicted molar refractivity (Wildman–Crippen MR) is 42.7 cm³/mol. The molecule has 0 aromatic heterocycles. The van der Waals surface area contributed by atoms with Crippen molar-refractivity contribution in [2.75, 3.05) is 0 Å². The molecule has 0 heterocycles. The molecule has 0 fully saturated rings. The molecule has 7 heteroatoms. The third-order valence-electron chi connectivity index (χ3n) is 1.02. The molecular formula is C6H12N2O5. The number of carboxylic acids is 1. The number of hydrogen-bond acceptors (Lipinski definition) is 4. The molecule has 1 amide bonds. The maximum absolute atomic E-state index is 10.1. The number of aliphatic carboxylic acids is 1. The molecule has 0 rings (SSSR count). The summed E-state index contributed by atoms with van der Waals surface area (Å²) in [6.45, 7) is -0.250. The van der Waals surface area contributed by atoms with E-state index in [0.717, 1.165) is 0 Å². The summed E-state index contributed by atoms with van der Waals surface area (Å²) in [6, 6.07) is -0.979. The van der Waals surface area contributed by atoms with Gasteiger partial charge in [-0.1, -0.05) is 0 Å². The van der Waals surface area contributed by atoms with Crippen molar-refractivity contribution in [1.82, 2.24) is 0 Å². The van der Waals surface area contributed by atoms with Crippen molar-refractivity contribution in [2.24, 2.45) is 11.5 Å². The van der Waals surface area contributed by atoms with Crippen molar-refractivity contribution in [1.29, 1.82) is 0 Å². The van der Waals surface area contributed by atoms with Crippen LogP contribution in [0.4, 0.5) is 0 Å². The molecule has 7 nitrogen and oxygen atoms in total. The minimum Gasteiger partial charge on any atom is -0.483 e. The van der Waals surface area contributed by atoms with E-state index in [0.29, 0.717) is 0 Å². The molecule has 0 aromatic rings. The van der Waals surface area contributed by atoms with Gasteiger partial charge in [-0.2, -0.15) is 0 Å². The van der Waals surface area contributed by atoms with Gasteiger partial charge in [0, 0.05) is 6.42 Å². The first-order valence-corrected chi connectivity index (χ1v) is 3.30. The van der Waals surface area contributed by atoms with E-state index in [9.17, 15) is 9.59 Å². The highest BCUT2D eigenvalue weighted by Gasteiger charge is 2.11. The van der Waals surface area contributed by atoms with Crippen LogP contribution < -0.4 is 11.5 Å². The Morgan fingerprint density at radius 2 is 1.85 bits per heavy atom. The highest BCUT2D eigenvalue weighted by molar-refractivity contribution is 5.76. The molecule has 0 radical (unpaired) electrons. The van der Waals surface area contributed by atoms with Gasteiger partial charge in [0.05, 0.1) is 0 Å². The quantitative estimate of drug-likeness (QED) is 0.393. The minimum absolute atomic E-state index is 0.0213. The van der Waals surface area contributed by atoms with Crippen LogP contribution in [0.2, 0.25) is 0 Å². The summed E-state index contributed by atoms with van der Waals surface area (Å²) >= 11 is 0. The van der Waals surface area contributed by atoms with Crippen LogP contribution in [0.1, 0.15) is 12.8 Å². The van der Waals surface area contributed by atoms with E-state index >= 15 is 0 Å². The molecule has 1 unspecified atom stereocenters. The first kappa shape index (κ1) is 13.9. The van der Waals surface area contributed by atoms with Crippen molar-refractivity contribution in [3.05, 3.63) is 0 Å². The molecule has 0 aliphatic carbocycles. The van der Waals surface area contributed by atoms with Gasteiger partial charge >= 0.3 is 5.97 Å². The number of carbonyl (C=O) groups is 3. The van der Waals surface area contributed by atoms with Crippen molar-refractivity contribution in [3.63, 3.8) is 0 Å². The van der Waals surface area contributed by atoms with Crippen molar-refractivity contribution in [3.8, 4) is 0 Å². The molecule has 13 heavy (non-hydrogen) atoms. The van der Waals surface area contributed by atoms with Crippen LogP contribution in [0, 0.1) is 0 Å². The van der Waals surface area contributed by atoms with Gasteiger partial charge in [0.25, 0.3) is 6.47 Å². The zero-order chi connectivity index (χ0) is 10.9. The van der Waals surface area contributed by atoms with Crippen LogP contribution in [0.3, 0.4) is 0 Å². The van der Waals surface area contributed by atoms with Crippen molar-refractivity contribution in [2.45, 2.75) is 18.9 Å². The predicted octanol–water partition coefficient (Wildman–Crippen LogP) is -1.64. The Kier molecular flexibility index (Phi) is 9.07. The monoisotopic (exact) mass is 192 g/mol. The first-order valence-electron chi connectivity index (χ1n) is 3.30. The number of carbonyl (C=O) groups excluding carboxylic acids is 1. The molecular weight excluding hydrogens is 180 g/mol. The van der Waals surface area contributed by atoms with Gasteiger partial charge in [0.1, 0.15) is 6.04 Å². The number of carboxylic acid groups (broad SMARTS) is 2. The molecule has 0 aliphatic rings. The summed E-state index contributed by atoms with van der Waals surface area (Å²) in [5, 5.41) is 15.1. The third kappa shape index (κ3) is 13.4. The fourth-order valence-corrected chi connectivity index (χ4v) is 0.421. The summed E-state index contributed by atoms with van der Waals surface area (Å²) in [5.41, 5.74) is 9.81. The Bertz CT molecular complexity index is 182. The molecule has 76 valence electrons. The molecule has 0 saturated heterocycles. The summed E-state index contributed by atoms with van der Waals surface area (Å²) < 4.78 is 0. The molecule has 0 aromatic carbocycles. The Labute approximate surface area is 74.3 Å². The maximum Gasteiger partial charge on any atom is 0.320 e. The first-order chi connectivity index (χ1) is 5.95. The molecule has 0 spiro atoms. The minimum atomic E-state index is -1.11. The Hall–Kier alpha value is -1.63. The topological polar surface area (TPSA) is 144 Å². The van der Waals surface area contributed by atoms with Crippen LogP contribution in [-0.4, -0.2) is 34.6 Å². The van der Waals surface area contributed by atoms with Gasteiger partial charge in [0.15, 0.2) is 0 Å². The van der Waals surface area contributed by atoms with Gasteiger partial charge in [-0.3, -0.25) is 14.4 Å². The van der Waals surface area contributed by atoms with E-state index in [-0.39, 0.29) is 19.3 Å². The molecule has 1 atom stereocenters. The number of rotatable bonds is 4. The zero-order valence-corrected chi connectivity index (χ0v) is 6.84. The maximum atomic E-state index is 10.1. The third-order valence-corrected chi connectivity index (χ3v) is 1.02. The highest BCUT2D eigenvalue weighted by atomic mass is 16.4. The van der Waals surface area contributed by atoms with E-state index in [2.05, 4.69) is 0 Å². The van der Waals surface area contributed by atoms with Crippen molar-refractivity contribution >= 4 is 18.3 Å². The average Bonchev–Trinajstić information content (AvgIpc) is 2.01. The smallest absolute Gasteiger partial charge is 0.320 e. The van der Waals surface area contributed by atoms with E-state index in [1.54, 1.807) is 0 Å². The molecule has 0 aliphatic heterocycles. The van der Waals surface area contributed by atoms with Gasteiger partial charge in [-0.15, -0.1) is 0 Å². The van der Waals surface area contributed by atoms with Gasteiger partial charge in [0.2, 0.25) is 5.91 Å². The second-order valence-electron chi connectivity index (χ2n) is 2.06. The summed E-state index contributed by atoms with van der Waals surface area (Å²) in [5.74, 6) is -1.64. The Morgan fingerprint density at radius 3 is 2.08 bits per heavy atom. The molecule has 0 bridgehead atoms. The second kappa shape index (κ2) is 8.47. The largest absolute Gasteiger partial charge is 0.483 e. The lowest BCUT2D eigenvalue weighted by molar-refractivity contribution is -0.138. The summed E-state index contributed by atoms with van der Waals surface area (Å²) in [7, 11) is 0. The average molecular weight is 192 g/mol.